The number of aromatic amines is 1. The van der Waals surface area contributed by atoms with Gasteiger partial charge in [0.2, 0.25) is 11.8 Å². The van der Waals surface area contributed by atoms with Gasteiger partial charge in [0.15, 0.2) is 0 Å². The second-order valence-corrected chi connectivity index (χ2v) is 8.16. The summed E-state index contributed by atoms with van der Waals surface area (Å²) in [7, 11) is 1.66. The first kappa shape index (κ1) is 18.4. The number of aromatic nitrogens is 1. The van der Waals surface area contributed by atoms with E-state index in [9.17, 15) is 9.59 Å². The topological polar surface area (TPSA) is 65.6 Å². The minimum Gasteiger partial charge on any atom is -0.496 e. The van der Waals surface area contributed by atoms with Gasteiger partial charge in [0.25, 0.3) is 0 Å². The van der Waals surface area contributed by atoms with Crippen LogP contribution in [0.5, 0.6) is 5.75 Å². The van der Waals surface area contributed by atoms with E-state index in [2.05, 4.69) is 23.7 Å². The molecule has 2 amide bonds. The molecular weight excluding hydrogens is 366 g/mol. The van der Waals surface area contributed by atoms with Crippen molar-refractivity contribution >= 4 is 28.3 Å². The SMILES string of the molecule is CCN(CC)CN1C(=O)C2C3=C(CCC3)c3[nH]c4cccc(OC)c4c3C2C1=O. The average molecular weight is 393 g/mol. The van der Waals surface area contributed by atoms with Crippen LogP contribution in [-0.2, 0) is 9.59 Å². The molecule has 0 radical (unpaired) electrons. The highest BCUT2D eigenvalue weighted by atomic mass is 16.5. The number of amides is 2. The average Bonchev–Trinajstić information content (AvgIpc) is 3.42. The Hall–Kier alpha value is -2.60. The molecule has 29 heavy (non-hydrogen) atoms. The molecule has 1 aromatic heterocycles. The Balaban J connectivity index is 1.71. The summed E-state index contributed by atoms with van der Waals surface area (Å²) in [6.07, 6.45) is 2.90. The molecule has 1 fully saturated rings. The number of allylic oxidation sites excluding steroid dienone is 1. The van der Waals surface area contributed by atoms with Crippen LogP contribution < -0.4 is 4.74 Å². The Kier molecular flexibility index (Phi) is 4.28. The van der Waals surface area contributed by atoms with Gasteiger partial charge in [-0.15, -0.1) is 0 Å². The molecule has 6 nitrogen and oxygen atoms in total. The van der Waals surface area contributed by atoms with Gasteiger partial charge in [-0.05, 0) is 50.1 Å². The molecule has 2 heterocycles. The first-order valence-electron chi connectivity index (χ1n) is 10.6. The van der Waals surface area contributed by atoms with Crippen LogP contribution in [0.4, 0.5) is 0 Å². The number of benzene rings is 1. The van der Waals surface area contributed by atoms with Crippen LogP contribution in [0, 0.1) is 5.92 Å². The molecule has 3 aliphatic rings. The number of rotatable bonds is 5. The van der Waals surface area contributed by atoms with Gasteiger partial charge in [-0.25, -0.2) is 0 Å². The van der Waals surface area contributed by atoms with Crippen molar-refractivity contribution in [2.75, 3.05) is 26.9 Å². The molecular formula is C23H27N3O3. The van der Waals surface area contributed by atoms with Crippen LogP contribution in [-0.4, -0.2) is 53.5 Å². The number of hydrogen-bond donors (Lipinski definition) is 1. The van der Waals surface area contributed by atoms with Crippen molar-refractivity contribution < 1.29 is 14.3 Å². The Morgan fingerprint density at radius 3 is 2.62 bits per heavy atom. The van der Waals surface area contributed by atoms with Gasteiger partial charge in [0.05, 0.1) is 25.6 Å². The number of ether oxygens (including phenoxy) is 1. The lowest BCUT2D eigenvalue weighted by molar-refractivity contribution is -0.141. The normalized spacial score (nSPS) is 23.2. The summed E-state index contributed by atoms with van der Waals surface area (Å²) in [6.45, 7) is 6.10. The van der Waals surface area contributed by atoms with E-state index in [-0.39, 0.29) is 17.7 Å². The summed E-state index contributed by atoms with van der Waals surface area (Å²) >= 11 is 0. The highest BCUT2D eigenvalue weighted by Gasteiger charge is 2.55. The molecule has 0 spiro atoms. The summed E-state index contributed by atoms with van der Waals surface area (Å²) in [5.41, 5.74) is 5.39. The van der Waals surface area contributed by atoms with Crippen LogP contribution in [0.25, 0.3) is 16.5 Å². The minimum atomic E-state index is -0.449. The molecule has 0 saturated carbocycles. The molecule has 6 heteroatoms. The van der Waals surface area contributed by atoms with Crippen molar-refractivity contribution in [1.82, 2.24) is 14.8 Å². The first-order valence-corrected chi connectivity index (χ1v) is 10.6. The van der Waals surface area contributed by atoms with Crippen molar-refractivity contribution in [3.8, 4) is 5.75 Å². The van der Waals surface area contributed by atoms with E-state index in [4.69, 9.17) is 4.74 Å². The van der Waals surface area contributed by atoms with E-state index in [0.29, 0.717) is 6.67 Å². The number of nitrogens with one attached hydrogen (secondary N) is 1. The Labute approximate surface area is 170 Å². The second kappa shape index (κ2) is 6.73. The Morgan fingerprint density at radius 1 is 1.14 bits per heavy atom. The quantitative estimate of drug-likeness (QED) is 0.790. The van der Waals surface area contributed by atoms with Crippen LogP contribution in [0.3, 0.4) is 0 Å². The van der Waals surface area contributed by atoms with Gasteiger partial charge in [-0.2, -0.15) is 0 Å². The van der Waals surface area contributed by atoms with Gasteiger partial charge < -0.3 is 9.72 Å². The third-order valence-electron chi connectivity index (χ3n) is 6.93. The zero-order chi connectivity index (χ0) is 20.3. The first-order chi connectivity index (χ1) is 14.1. The van der Waals surface area contributed by atoms with Gasteiger partial charge in [0.1, 0.15) is 5.75 Å². The number of carbonyl (C=O) groups is 2. The predicted octanol–water partition coefficient (Wildman–Crippen LogP) is 3.50. The number of hydrogen-bond acceptors (Lipinski definition) is 4. The third kappa shape index (κ3) is 2.45. The lowest BCUT2D eigenvalue weighted by atomic mass is 9.75. The largest absolute Gasteiger partial charge is 0.496 e. The molecule has 1 N–H and O–H groups in total. The zero-order valence-electron chi connectivity index (χ0n) is 17.2. The molecule has 1 aliphatic heterocycles. The summed E-state index contributed by atoms with van der Waals surface area (Å²) in [4.78, 5) is 34.3. The second-order valence-electron chi connectivity index (χ2n) is 8.16. The smallest absolute Gasteiger partial charge is 0.239 e. The fraction of sp³-hybridized carbons (Fsp3) is 0.478. The maximum absolute atomic E-state index is 13.6. The molecule has 2 aromatic rings. The molecule has 1 aromatic carbocycles. The molecule has 152 valence electrons. The molecule has 0 bridgehead atoms. The van der Waals surface area contributed by atoms with Crippen molar-refractivity contribution in [1.29, 1.82) is 0 Å². The monoisotopic (exact) mass is 393 g/mol. The van der Waals surface area contributed by atoms with Crippen LogP contribution in [0.1, 0.15) is 50.3 Å². The van der Waals surface area contributed by atoms with Crippen molar-refractivity contribution in [2.24, 2.45) is 5.92 Å². The maximum atomic E-state index is 13.6. The van der Waals surface area contributed by atoms with E-state index in [1.165, 1.54) is 16.0 Å². The van der Waals surface area contributed by atoms with Crippen LogP contribution in [0.2, 0.25) is 0 Å². The van der Waals surface area contributed by atoms with E-state index < -0.39 is 5.92 Å². The standard InChI is InChI=1S/C23H27N3O3/c1-4-25(5-2)12-26-22(27)17-13-8-6-9-14(13)21-19(20(17)23(26)28)18-15(24-21)10-7-11-16(18)29-3/h7,10-11,17,20,24H,4-6,8-9,12H2,1-3H3. The fourth-order valence-corrected chi connectivity index (χ4v) is 5.49. The molecule has 1 saturated heterocycles. The minimum absolute atomic E-state index is 0.0313. The summed E-state index contributed by atoms with van der Waals surface area (Å²) in [5.74, 6) is -0.153. The Bertz CT molecular complexity index is 1050. The van der Waals surface area contributed by atoms with E-state index in [1.807, 2.05) is 18.2 Å². The number of imide groups is 1. The number of carbonyl (C=O) groups excluding carboxylic acids is 2. The van der Waals surface area contributed by atoms with Gasteiger partial charge in [-0.1, -0.05) is 25.5 Å². The fourth-order valence-electron chi connectivity index (χ4n) is 5.49. The number of nitrogens with zero attached hydrogens (tertiary/aromatic N) is 2. The van der Waals surface area contributed by atoms with Gasteiger partial charge >= 0.3 is 0 Å². The van der Waals surface area contributed by atoms with Gasteiger partial charge in [-0.3, -0.25) is 19.4 Å². The molecule has 2 atom stereocenters. The lowest BCUT2D eigenvalue weighted by Crippen LogP contribution is -2.41. The van der Waals surface area contributed by atoms with Gasteiger partial charge in [0, 0.05) is 22.2 Å². The van der Waals surface area contributed by atoms with E-state index >= 15 is 0 Å². The summed E-state index contributed by atoms with van der Waals surface area (Å²) < 4.78 is 5.65. The highest BCUT2D eigenvalue weighted by molar-refractivity contribution is 6.14. The van der Waals surface area contributed by atoms with E-state index in [0.717, 1.165) is 60.3 Å². The van der Waals surface area contributed by atoms with Crippen LogP contribution in [0.15, 0.2) is 23.8 Å². The molecule has 5 rings (SSSR count). The number of likely N-dealkylation sites (tertiary alicyclic amines) is 1. The number of fused-ring (bicyclic) bond motifs is 7. The number of methoxy groups -OCH3 is 1. The molecule has 2 aliphatic carbocycles. The predicted molar refractivity (Wildman–Crippen MR) is 111 cm³/mol. The zero-order valence-corrected chi connectivity index (χ0v) is 17.2. The third-order valence-corrected chi connectivity index (χ3v) is 6.93. The number of H-pyrrole nitrogens is 1. The van der Waals surface area contributed by atoms with Crippen molar-refractivity contribution in [3.05, 3.63) is 35.0 Å². The van der Waals surface area contributed by atoms with E-state index in [1.54, 1.807) is 7.11 Å². The maximum Gasteiger partial charge on any atom is 0.239 e. The Morgan fingerprint density at radius 2 is 1.90 bits per heavy atom. The highest BCUT2D eigenvalue weighted by Crippen LogP contribution is 2.55. The van der Waals surface area contributed by atoms with Crippen molar-refractivity contribution in [2.45, 2.75) is 39.0 Å². The van der Waals surface area contributed by atoms with Crippen LogP contribution >= 0.6 is 0 Å². The summed E-state index contributed by atoms with van der Waals surface area (Å²) in [5, 5.41) is 0.948. The molecule has 2 unspecified atom stereocenters. The van der Waals surface area contributed by atoms with Crippen molar-refractivity contribution in [3.63, 3.8) is 0 Å². The lowest BCUT2D eigenvalue weighted by Gasteiger charge is -2.25. The summed E-state index contributed by atoms with van der Waals surface area (Å²) in [6, 6.07) is 5.91.